The molecular formula is C36H24N4OPt. The SMILES string of the molecule is Cn1c(-c2[c-]c(Oc3[c-]c(-c4nc5ccccc5n4C)cc4ccccc34)c3ccccc3c2)nc2ccccc21.[Pt+2]. The van der Waals surface area contributed by atoms with Crippen LogP contribution in [-0.4, -0.2) is 19.1 Å². The average molecular weight is 724 g/mol. The first-order chi connectivity index (χ1) is 20.1. The van der Waals surface area contributed by atoms with Gasteiger partial charge in [-0.2, -0.15) is 0 Å². The normalized spacial score (nSPS) is 11.4. The van der Waals surface area contributed by atoms with E-state index in [1.54, 1.807) is 0 Å². The van der Waals surface area contributed by atoms with Crippen LogP contribution in [0.25, 0.3) is 66.4 Å². The van der Waals surface area contributed by atoms with Crippen molar-refractivity contribution >= 4 is 43.6 Å². The Morgan fingerprint density at radius 3 is 1.40 bits per heavy atom. The molecule has 0 spiro atoms. The van der Waals surface area contributed by atoms with E-state index in [0.717, 1.165) is 66.4 Å². The summed E-state index contributed by atoms with van der Waals surface area (Å²) in [6.45, 7) is 0. The van der Waals surface area contributed by atoms with Gasteiger partial charge in [0.25, 0.3) is 0 Å². The number of hydrogen-bond donors (Lipinski definition) is 0. The maximum absolute atomic E-state index is 6.77. The van der Waals surface area contributed by atoms with Crippen LogP contribution in [0.2, 0.25) is 0 Å². The number of benzene rings is 6. The van der Waals surface area contributed by atoms with Crippen molar-refractivity contribution in [2.75, 3.05) is 0 Å². The summed E-state index contributed by atoms with van der Waals surface area (Å²) < 4.78 is 11.0. The Hall–Kier alpha value is -4.73. The van der Waals surface area contributed by atoms with Crippen molar-refractivity contribution < 1.29 is 25.8 Å². The van der Waals surface area contributed by atoms with Gasteiger partial charge in [-0.1, -0.05) is 106 Å². The van der Waals surface area contributed by atoms with Crippen LogP contribution in [-0.2, 0) is 35.2 Å². The Balaban J connectivity index is 0.00000288. The molecule has 0 N–H and O–H groups in total. The van der Waals surface area contributed by atoms with Crippen molar-refractivity contribution in [3.05, 3.63) is 121 Å². The maximum atomic E-state index is 6.77. The van der Waals surface area contributed by atoms with E-state index < -0.39 is 0 Å². The molecule has 0 fully saturated rings. The van der Waals surface area contributed by atoms with Crippen LogP contribution in [0.4, 0.5) is 0 Å². The van der Waals surface area contributed by atoms with Crippen LogP contribution in [0.15, 0.2) is 109 Å². The summed E-state index contributed by atoms with van der Waals surface area (Å²) in [5.41, 5.74) is 5.77. The summed E-state index contributed by atoms with van der Waals surface area (Å²) >= 11 is 0. The minimum absolute atomic E-state index is 0. The summed E-state index contributed by atoms with van der Waals surface area (Å²) in [6, 6.07) is 44.1. The van der Waals surface area contributed by atoms with E-state index in [0.29, 0.717) is 11.5 Å². The van der Waals surface area contributed by atoms with Gasteiger partial charge in [-0.05, 0) is 24.3 Å². The molecule has 2 heterocycles. The monoisotopic (exact) mass is 723 g/mol. The van der Waals surface area contributed by atoms with Crippen molar-refractivity contribution in [1.29, 1.82) is 0 Å². The zero-order valence-corrected chi connectivity index (χ0v) is 25.2. The van der Waals surface area contributed by atoms with Gasteiger partial charge in [-0.15, -0.1) is 23.3 Å². The molecule has 0 aliphatic rings. The summed E-state index contributed by atoms with van der Waals surface area (Å²) in [7, 11) is 4.08. The van der Waals surface area contributed by atoms with Crippen LogP contribution < -0.4 is 4.74 Å². The van der Waals surface area contributed by atoms with Crippen molar-refractivity contribution in [2.24, 2.45) is 14.1 Å². The predicted molar refractivity (Wildman–Crippen MR) is 165 cm³/mol. The maximum Gasteiger partial charge on any atom is 2.00 e. The molecule has 0 aliphatic heterocycles. The molecule has 42 heavy (non-hydrogen) atoms. The fraction of sp³-hybridized carbons (Fsp3) is 0.0556. The quantitative estimate of drug-likeness (QED) is 0.171. The van der Waals surface area contributed by atoms with Crippen molar-refractivity contribution in [3.8, 4) is 34.3 Å². The Morgan fingerprint density at radius 2 is 0.952 bits per heavy atom. The van der Waals surface area contributed by atoms with Gasteiger partial charge < -0.3 is 13.9 Å². The van der Waals surface area contributed by atoms with Crippen molar-refractivity contribution in [3.63, 3.8) is 0 Å². The molecule has 6 heteroatoms. The topological polar surface area (TPSA) is 44.9 Å². The number of fused-ring (bicyclic) bond motifs is 4. The van der Waals surface area contributed by atoms with Gasteiger partial charge in [0.1, 0.15) is 0 Å². The zero-order valence-electron chi connectivity index (χ0n) is 22.9. The molecule has 8 aromatic rings. The third-order valence-electron chi connectivity index (χ3n) is 7.77. The van der Waals surface area contributed by atoms with Crippen LogP contribution in [0.3, 0.4) is 0 Å². The second-order valence-corrected chi connectivity index (χ2v) is 10.3. The first-order valence-electron chi connectivity index (χ1n) is 13.6. The van der Waals surface area contributed by atoms with Crippen LogP contribution in [0.1, 0.15) is 0 Å². The smallest absolute Gasteiger partial charge is 0.495 e. The molecule has 0 atom stereocenters. The Bertz CT molecular complexity index is 2120. The van der Waals surface area contributed by atoms with E-state index in [1.165, 1.54) is 0 Å². The van der Waals surface area contributed by atoms with Gasteiger partial charge in [-0.3, -0.25) is 9.97 Å². The van der Waals surface area contributed by atoms with E-state index in [-0.39, 0.29) is 21.1 Å². The van der Waals surface area contributed by atoms with E-state index in [4.69, 9.17) is 14.7 Å². The molecule has 0 bridgehead atoms. The number of hydrogen-bond acceptors (Lipinski definition) is 3. The first-order valence-corrected chi connectivity index (χ1v) is 13.6. The Labute approximate surface area is 257 Å². The number of aryl methyl sites for hydroxylation is 2. The van der Waals surface area contributed by atoms with Crippen LogP contribution in [0.5, 0.6) is 11.5 Å². The second-order valence-electron chi connectivity index (χ2n) is 10.3. The molecule has 6 aromatic carbocycles. The molecule has 0 radical (unpaired) electrons. The minimum atomic E-state index is 0. The first kappa shape index (κ1) is 26.2. The van der Waals surface area contributed by atoms with E-state index in [9.17, 15) is 0 Å². The van der Waals surface area contributed by atoms with Crippen LogP contribution >= 0.6 is 0 Å². The van der Waals surface area contributed by atoms with Crippen molar-refractivity contribution in [2.45, 2.75) is 0 Å². The molecule has 0 aliphatic carbocycles. The molecule has 5 nitrogen and oxygen atoms in total. The van der Waals surface area contributed by atoms with Gasteiger partial charge in [-0.25, -0.2) is 0 Å². The Kier molecular flexibility index (Phi) is 6.40. The predicted octanol–water partition coefficient (Wildman–Crippen LogP) is 8.49. The third-order valence-corrected chi connectivity index (χ3v) is 7.77. The molecular weight excluding hydrogens is 700 g/mol. The number of aromatic nitrogens is 4. The summed E-state index contributed by atoms with van der Waals surface area (Å²) in [5, 5.41) is 4.06. The minimum Gasteiger partial charge on any atom is -0.495 e. The molecule has 0 saturated heterocycles. The summed E-state index contributed by atoms with van der Waals surface area (Å²) in [5.74, 6) is 2.94. The summed E-state index contributed by atoms with van der Waals surface area (Å²) in [6.07, 6.45) is 0. The van der Waals surface area contributed by atoms with E-state index >= 15 is 0 Å². The van der Waals surface area contributed by atoms with E-state index in [1.807, 2.05) is 74.8 Å². The number of imidazole rings is 2. The van der Waals surface area contributed by atoms with Gasteiger partial charge in [0, 0.05) is 14.1 Å². The molecule has 0 amide bonds. The number of nitrogens with zero attached hydrogens (tertiary/aromatic N) is 4. The largest absolute Gasteiger partial charge is 2.00 e. The third kappa shape index (κ3) is 4.20. The van der Waals surface area contributed by atoms with Gasteiger partial charge in [0.2, 0.25) is 0 Å². The average Bonchev–Trinajstić information content (AvgIpc) is 3.54. The van der Waals surface area contributed by atoms with Crippen LogP contribution in [0, 0.1) is 12.1 Å². The molecule has 0 saturated carbocycles. The molecule has 8 rings (SSSR count). The summed E-state index contributed by atoms with van der Waals surface area (Å²) in [4.78, 5) is 9.86. The number of ether oxygens (including phenoxy) is 1. The fourth-order valence-corrected chi connectivity index (χ4v) is 5.70. The van der Waals surface area contributed by atoms with Gasteiger partial charge in [0.15, 0.2) is 0 Å². The fourth-order valence-electron chi connectivity index (χ4n) is 5.70. The number of rotatable bonds is 4. The van der Waals surface area contributed by atoms with Gasteiger partial charge >= 0.3 is 21.1 Å². The molecule has 2 aromatic heterocycles. The standard InChI is InChI=1S/C36H24N4O.Pt/c1-39-31-17-9-7-15-29(31)37-35(39)25-19-23-11-3-5-13-27(23)33(21-25)41-34-22-26(20-24-12-4-6-14-28(24)34)36-38-30-16-8-10-18-32(30)40(36)2;/h3-20H,1-2H3;/q-2;+2. The van der Waals surface area contributed by atoms with Crippen molar-refractivity contribution in [1.82, 2.24) is 19.1 Å². The zero-order chi connectivity index (χ0) is 27.5. The molecule has 204 valence electrons. The molecule has 0 unspecified atom stereocenters. The van der Waals surface area contributed by atoms with Gasteiger partial charge in [0.05, 0.1) is 45.2 Å². The van der Waals surface area contributed by atoms with E-state index in [2.05, 4.69) is 69.8 Å². The Morgan fingerprint density at radius 1 is 0.548 bits per heavy atom. The number of para-hydroxylation sites is 4. The second kappa shape index (κ2) is 10.3.